The van der Waals surface area contributed by atoms with E-state index in [1.165, 1.54) is 0 Å². The summed E-state index contributed by atoms with van der Waals surface area (Å²) in [5.74, 6) is -3.12. The van der Waals surface area contributed by atoms with Crippen LogP contribution in [0.5, 0.6) is 0 Å². The first-order chi connectivity index (χ1) is 11.3. The Hall–Kier alpha value is -1.51. The normalized spacial score (nSPS) is 38.3. The fourth-order valence-corrected chi connectivity index (χ4v) is 2.14. The van der Waals surface area contributed by atoms with Gasteiger partial charge in [-0.3, -0.25) is 0 Å². The molecule has 0 aromatic carbocycles. The molecule has 12 heteroatoms. The molecular weight excluding hydrogens is 336 g/mol. The number of carbonyl (C=O) groups is 1. The molecule has 0 aromatic heterocycles. The van der Waals surface area contributed by atoms with Crippen LogP contribution in [0.1, 0.15) is 0 Å². The summed E-state index contributed by atoms with van der Waals surface area (Å²) in [6, 6.07) is 0. The highest BCUT2D eigenvalue weighted by molar-refractivity contribution is 5.89. The summed E-state index contributed by atoms with van der Waals surface area (Å²) in [6.07, 6.45) is -10.9. The van der Waals surface area contributed by atoms with Gasteiger partial charge in [-0.2, -0.15) is 0 Å². The standard InChI is InChI=1S/C12H18O12/c13-1-4-5(15)6(16)9(19)12(22-4)24-21-2-3(14)10-7(17)8(18)11(20)23-10/h3-6,9-10,12-19H,1-2H2/t3-,4+,5+,6-,9+,10+,12-/m0/s1. The van der Waals surface area contributed by atoms with Crippen molar-refractivity contribution in [2.24, 2.45) is 0 Å². The maximum Gasteiger partial charge on any atom is 0.377 e. The predicted octanol–water partition coefficient (Wildman–Crippen LogP) is -3.65. The van der Waals surface area contributed by atoms with Gasteiger partial charge in [-0.1, -0.05) is 0 Å². The van der Waals surface area contributed by atoms with E-state index in [-0.39, 0.29) is 0 Å². The number of hydrogen-bond donors (Lipinski definition) is 7. The topological polar surface area (TPSA) is 196 Å². The molecule has 2 aliphatic rings. The third kappa shape index (κ3) is 3.60. The van der Waals surface area contributed by atoms with Crippen LogP contribution in [0.2, 0.25) is 0 Å². The third-order valence-electron chi connectivity index (χ3n) is 3.54. The van der Waals surface area contributed by atoms with Crippen LogP contribution in [0.4, 0.5) is 0 Å². The van der Waals surface area contributed by atoms with Crippen molar-refractivity contribution in [3.63, 3.8) is 0 Å². The summed E-state index contributed by atoms with van der Waals surface area (Å²) in [5, 5.41) is 66.0. The number of cyclic esters (lactones) is 1. The van der Waals surface area contributed by atoms with E-state index in [2.05, 4.69) is 14.5 Å². The quantitative estimate of drug-likeness (QED) is 0.140. The van der Waals surface area contributed by atoms with E-state index in [4.69, 9.17) is 14.9 Å². The third-order valence-corrected chi connectivity index (χ3v) is 3.54. The molecule has 0 bridgehead atoms. The number of aliphatic hydroxyl groups is 7. The Bertz CT molecular complexity index is 490. The van der Waals surface area contributed by atoms with Crippen molar-refractivity contribution < 1.29 is 59.8 Å². The van der Waals surface area contributed by atoms with Crippen LogP contribution in [0.15, 0.2) is 11.5 Å². The van der Waals surface area contributed by atoms with Crippen molar-refractivity contribution in [2.75, 3.05) is 13.2 Å². The largest absolute Gasteiger partial charge is 0.505 e. The Balaban J connectivity index is 1.84. The average Bonchev–Trinajstić information content (AvgIpc) is 2.82. The SMILES string of the molecule is O=C1O[C@H]([C@@H](O)COO[C@@H]2O[C@H](CO)[C@@H](O)[C@H](O)[C@H]2O)C(O)=C1O. The molecule has 1 fully saturated rings. The molecule has 7 N–H and O–H groups in total. The fourth-order valence-electron chi connectivity index (χ4n) is 2.14. The highest BCUT2D eigenvalue weighted by Gasteiger charge is 2.45. The van der Waals surface area contributed by atoms with Gasteiger partial charge in [0.25, 0.3) is 0 Å². The molecule has 138 valence electrons. The van der Waals surface area contributed by atoms with Crippen molar-refractivity contribution in [2.45, 2.75) is 42.9 Å². The smallest absolute Gasteiger partial charge is 0.377 e. The van der Waals surface area contributed by atoms with Gasteiger partial charge in [-0.15, -0.1) is 0 Å². The maximum absolute atomic E-state index is 11.0. The summed E-state index contributed by atoms with van der Waals surface area (Å²) in [7, 11) is 0. The molecule has 0 aliphatic carbocycles. The summed E-state index contributed by atoms with van der Waals surface area (Å²) >= 11 is 0. The van der Waals surface area contributed by atoms with Crippen LogP contribution in [-0.2, 0) is 24.0 Å². The van der Waals surface area contributed by atoms with Crippen LogP contribution in [0.3, 0.4) is 0 Å². The van der Waals surface area contributed by atoms with Crippen molar-refractivity contribution in [1.29, 1.82) is 0 Å². The fraction of sp³-hybridized carbons (Fsp3) is 0.750. The van der Waals surface area contributed by atoms with E-state index in [1.807, 2.05) is 0 Å². The lowest BCUT2D eigenvalue weighted by atomic mass is 9.99. The maximum atomic E-state index is 11.0. The van der Waals surface area contributed by atoms with Crippen LogP contribution in [0, 0.1) is 0 Å². The molecule has 2 aliphatic heterocycles. The molecule has 2 rings (SSSR count). The van der Waals surface area contributed by atoms with Gasteiger partial charge >= 0.3 is 5.97 Å². The van der Waals surface area contributed by atoms with Crippen LogP contribution < -0.4 is 0 Å². The number of hydrogen-bond acceptors (Lipinski definition) is 12. The molecule has 24 heavy (non-hydrogen) atoms. The molecule has 0 radical (unpaired) electrons. The Kier molecular flexibility index (Phi) is 5.95. The minimum absolute atomic E-state index is 0.663. The number of esters is 1. The monoisotopic (exact) mass is 354 g/mol. The first-order valence-corrected chi connectivity index (χ1v) is 6.87. The molecule has 7 atom stereocenters. The van der Waals surface area contributed by atoms with Crippen molar-refractivity contribution in [3.05, 3.63) is 11.5 Å². The van der Waals surface area contributed by atoms with Gasteiger partial charge in [0, 0.05) is 0 Å². The van der Waals surface area contributed by atoms with Gasteiger partial charge in [0.15, 0.2) is 11.9 Å². The number of aliphatic hydroxyl groups excluding tert-OH is 7. The minimum Gasteiger partial charge on any atom is -0.505 e. The zero-order valence-corrected chi connectivity index (χ0v) is 12.1. The van der Waals surface area contributed by atoms with Gasteiger partial charge < -0.3 is 45.2 Å². The second-order valence-corrected chi connectivity index (χ2v) is 5.21. The van der Waals surface area contributed by atoms with Crippen LogP contribution in [0.25, 0.3) is 0 Å². The summed E-state index contributed by atoms with van der Waals surface area (Å²) in [4.78, 5) is 20.2. The summed E-state index contributed by atoms with van der Waals surface area (Å²) < 4.78 is 9.46. The van der Waals surface area contributed by atoms with Crippen molar-refractivity contribution >= 4 is 5.97 Å². The summed E-state index contributed by atoms with van der Waals surface area (Å²) in [5.41, 5.74) is 0. The average molecular weight is 354 g/mol. The molecule has 0 saturated carbocycles. The van der Waals surface area contributed by atoms with Crippen LogP contribution >= 0.6 is 0 Å². The van der Waals surface area contributed by atoms with Gasteiger partial charge in [0.2, 0.25) is 12.0 Å². The molecule has 0 unspecified atom stereocenters. The molecule has 2 heterocycles. The molecule has 0 spiro atoms. The Morgan fingerprint density at radius 2 is 1.79 bits per heavy atom. The van der Waals surface area contributed by atoms with Gasteiger partial charge in [-0.25, -0.2) is 14.6 Å². The van der Waals surface area contributed by atoms with E-state index >= 15 is 0 Å². The van der Waals surface area contributed by atoms with E-state index in [9.17, 15) is 30.3 Å². The lowest BCUT2D eigenvalue weighted by Gasteiger charge is -2.38. The number of carbonyl (C=O) groups excluding carboxylic acids is 1. The van der Waals surface area contributed by atoms with Gasteiger partial charge in [-0.05, 0) is 0 Å². The van der Waals surface area contributed by atoms with E-state index in [0.29, 0.717) is 0 Å². The second-order valence-electron chi connectivity index (χ2n) is 5.21. The van der Waals surface area contributed by atoms with E-state index in [1.54, 1.807) is 0 Å². The van der Waals surface area contributed by atoms with Crippen molar-refractivity contribution in [3.8, 4) is 0 Å². The van der Waals surface area contributed by atoms with Crippen LogP contribution in [-0.4, -0.2) is 97.8 Å². The molecule has 12 nitrogen and oxygen atoms in total. The molecule has 0 aromatic rings. The molecular formula is C12H18O12. The van der Waals surface area contributed by atoms with E-state index < -0.39 is 73.6 Å². The Morgan fingerprint density at radius 1 is 1.12 bits per heavy atom. The van der Waals surface area contributed by atoms with Crippen molar-refractivity contribution in [1.82, 2.24) is 0 Å². The highest BCUT2D eigenvalue weighted by Crippen LogP contribution is 2.24. The minimum atomic E-state index is -1.71. The van der Waals surface area contributed by atoms with Gasteiger partial charge in [0.05, 0.1) is 6.61 Å². The van der Waals surface area contributed by atoms with Gasteiger partial charge in [0.1, 0.15) is 37.1 Å². The summed E-state index contributed by atoms with van der Waals surface area (Å²) in [6.45, 7) is -1.34. The lowest BCUT2D eigenvalue weighted by molar-refractivity contribution is -0.430. The highest BCUT2D eigenvalue weighted by atomic mass is 17.2. The first-order valence-electron chi connectivity index (χ1n) is 6.87. The molecule has 1 saturated heterocycles. The van der Waals surface area contributed by atoms with E-state index in [0.717, 1.165) is 0 Å². The number of rotatable bonds is 6. The Morgan fingerprint density at radius 3 is 2.33 bits per heavy atom. The Labute approximate surface area is 134 Å². The second kappa shape index (κ2) is 7.58. The zero-order valence-electron chi connectivity index (χ0n) is 12.1. The lowest BCUT2D eigenvalue weighted by Crippen LogP contribution is -2.59. The predicted molar refractivity (Wildman–Crippen MR) is 69.0 cm³/mol. The first kappa shape index (κ1) is 18.8. The zero-order chi connectivity index (χ0) is 18.0. The number of ether oxygens (including phenoxy) is 2. The molecule has 0 amide bonds.